The number of aromatic amines is 1. The summed E-state index contributed by atoms with van der Waals surface area (Å²) in [5.41, 5.74) is -2.20. The van der Waals surface area contributed by atoms with Gasteiger partial charge >= 0.3 is 5.69 Å². The molecule has 170 valence electrons. The number of aliphatic hydroxyl groups excluding tert-OH is 3. The van der Waals surface area contributed by atoms with Crippen LogP contribution in [0.4, 0.5) is 0 Å². The summed E-state index contributed by atoms with van der Waals surface area (Å²) in [4.78, 5) is 39.1. The highest BCUT2D eigenvalue weighted by Gasteiger charge is 2.46. The topological polar surface area (TPSA) is 187 Å². The number of carbonyl (C=O) groups excluding carboxylic acids is 1. The number of benzene rings is 1. The number of nitrogens with zero attached hydrogens (tertiary/aromatic N) is 2. The smallest absolute Gasteiger partial charge is 0.331 e. The van der Waals surface area contributed by atoms with Crippen LogP contribution in [-0.2, 0) is 9.53 Å². The second-order valence-corrected chi connectivity index (χ2v) is 7.15. The first-order valence-corrected chi connectivity index (χ1v) is 9.56. The van der Waals surface area contributed by atoms with E-state index in [1.165, 1.54) is 19.2 Å². The fourth-order valence-electron chi connectivity index (χ4n) is 3.64. The molecule has 3 rings (SSSR count). The van der Waals surface area contributed by atoms with E-state index in [-0.39, 0.29) is 11.3 Å². The number of hydrogen-bond donors (Lipinski definition) is 5. The minimum Gasteiger partial charge on any atom is -0.497 e. The van der Waals surface area contributed by atoms with Gasteiger partial charge in [-0.25, -0.2) is 4.79 Å². The Balaban J connectivity index is 2.30. The summed E-state index contributed by atoms with van der Waals surface area (Å²) in [7, 11) is 1.45. The molecule has 0 unspecified atom stereocenters. The van der Waals surface area contributed by atoms with Crippen molar-refractivity contribution in [2.24, 2.45) is 0 Å². The minimum atomic E-state index is -1.64. The molecule has 5 N–H and O–H groups in total. The molecule has 5 atom stereocenters. The molecule has 0 spiro atoms. The number of nitriles is 1. The van der Waals surface area contributed by atoms with E-state index in [1.54, 1.807) is 18.2 Å². The number of carbonyl (C=O) groups is 1. The van der Waals surface area contributed by atoms with E-state index in [0.717, 1.165) is 11.5 Å². The molecule has 1 aliphatic rings. The lowest BCUT2D eigenvalue weighted by atomic mass is 9.95. The van der Waals surface area contributed by atoms with E-state index in [2.05, 4.69) is 5.32 Å². The van der Waals surface area contributed by atoms with Crippen LogP contribution in [0.2, 0.25) is 0 Å². The predicted molar refractivity (Wildman–Crippen MR) is 109 cm³/mol. The zero-order valence-corrected chi connectivity index (χ0v) is 17.2. The van der Waals surface area contributed by atoms with Crippen LogP contribution in [0.15, 0.2) is 33.9 Å². The molecule has 2 heterocycles. The lowest BCUT2D eigenvalue weighted by Crippen LogP contribution is -2.63. The number of H-pyrrole nitrogens is 1. The highest BCUT2D eigenvalue weighted by molar-refractivity contribution is 5.73. The fraction of sp³-hybridized carbons (Fsp3) is 0.400. The molecule has 1 fully saturated rings. The largest absolute Gasteiger partial charge is 0.497 e. The van der Waals surface area contributed by atoms with E-state index < -0.39 is 59.9 Å². The molecule has 0 radical (unpaired) electrons. The number of aliphatic hydroxyl groups is 3. The predicted octanol–water partition coefficient (Wildman–Crippen LogP) is -1.80. The first-order valence-electron chi connectivity index (χ1n) is 9.56. The highest BCUT2D eigenvalue weighted by Crippen LogP contribution is 2.32. The maximum Gasteiger partial charge on any atom is 0.331 e. The van der Waals surface area contributed by atoms with Crippen molar-refractivity contribution < 1.29 is 29.6 Å². The van der Waals surface area contributed by atoms with Crippen molar-refractivity contribution in [3.05, 3.63) is 50.7 Å². The van der Waals surface area contributed by atoms with Crippen molar-refractivity contribution in [1.82, 2.24) is 14.9 Å². The molecule has 1 aliphatic heterocycles. The molecule has 12 heteroatoms. The highest BCUT2D eigenvalue weighted by atomic mass is 16.5. The van der Waals surface area contributed by atoms with Crippen LogP contribution in [0.5, 0.6) is 5.75 Å². The molecule has 0 aliphatic carbocycles. The molecule has 0 saturated carbocycles. The van der Waals surface area contributed by atoms with Crippen molar-refractivity contribution in [2.45, 2.75) is 37.5 Å². The van der Waals surface area contributed by atoms with Crippen LogP contribution in [0, 0.1) is 11.3 Å². The van der Waals surface area contributed by atoms with Gasteiger partial charge in [-0.15, -0.1) is 0 Å². The fourth-order valence-corrected chi connectivity index (χ4v) is 3.64. The van der Waals surface area contributed by atoms with E-state index in [1.807, 2.05) is 4.98 Å². The Morgan fingerprint density at radius 2 is 1.94 bits per heavy atom. The van der Waals surface area contributed by atoms with E-state index in [0.29, 0.717) is 5.75 Å². The second-order valence-electron chi connectivity index (χ2n) is 7.15. The number of aromatic nitrogens is 2. The summed E-state index contributed by atoms with van der Waals surface area (Å²) < 4.78 is 11.7. The summed E-state index contributed by atoms with van der Waals surface area (Å²) in [6.07, 6.45) is -6.01. The average molecular weight is 446 g/mol. The van der Waals surface area contributed by atoms with Gasteiger partial charge in [0.1, 0.15) is 41.7 Å². The normalized spacial score (nSPS) is 25.1. The van der Waals surface area contributed by atoms with Crippen LogP contribution >= 0.6 is 0 Å². The van der Waals surface area contributed by atoms with Crippen LogP contribution in [0.3, 0.4) is 0 Å². The second kappa shape index (κ2) is 9.33. The van der Waals surface area contributed by atoms with Gasteiger partial charge in [0.25, 0.3) is 5.56 Å². The maximum absolute atomic E-state index is 12.9. The quantitative estimate of drug-likeness (QED) is 0.353. The van der Waals surface area contributed by atoms with Gasteiger partial charge in [0, 0.05) is 12.5 Å². The Hall–Kier alpha value is -3.50. The van der Waals surface area contributed by atoms with Gasteiger partial charge in [0.2, 0.25) is 5.91 Å². The summed E-state index contributed by atoms with van der Waals surface area (Å²) in [6, 6.07) is 6.53. The Morgan fingerprint density at radius 3 is 2.47 bits per heavy atom. The summed E-state index contributed by atoms with van der Waals surface area (Å²) in [5.74, 6) is -0.115. The first kappa shape index (κ1) is 23.2. The van der Waals surface area contributed by atoms with Gasteiger partial charge in [-0.05, 0) is 24.3 Å². The van der Waals surface area contributed by atoms with E-state index in [4.69, 9.17) is 9.47 Å². The summed E-state index contributed by atoms with van der Waals surface area (Å²) in [5, 5.41) is 42.5. The number of ether oxygens (including phenoxy) is 2. The van der Waals surface area contributed by atoms with Crippen LogP contribution < -0.4 is 21.3 Å². The molecule has 1 saturated heterocycles. The third kappa shape index (κ3) is 4.14. The van der Waals surface area contributed by atoms with Gasteiger partial charge in [0.15, 0.2) is 6.23 Å². The number of hydrogen-bond acceptors (Lipinski definition) is 9. The van der Waals surface area contributed by atoms with Crippen molar-refractivity contribution in [3.8, 4) is 23.1 Å². The van der Waals surface area contributed by atoms with Crippen molar-refractivity contribution >= 4 is 5.91 Å². The van der Waals surface area contributed by atoms with Gasteiger partial charge < -0.3 is 30.1 Å². The van der Waals surface area contributed by atoms with Crippen LogP contribution in [0.25, 0.3) is 11.3 Å². The van der Waals surface area contributed by atoms with Gasteiger partial charge in [-0.3, -0.25) is 19.1 Å². The third-order valence-electron chi connectivity index (χ3n) is 5.14. The monoisotopic (exact) mass is 446 g/mol. The first-order chi connectivity index (χ1) is 15.2. The van der Waals surface area contributed by atoms with Crippen LogP contribution in [0.1, 0.15) is 18.7 Å². The lowest BCUT2D eigenvalue weighted by Gasteiger charge is -2.43. The minimum absolute atomic E-state index is 0.135. The van der Waals surface area contributed by atoms with Crippen molar-refractivity contribution in [3.63, 3.8) is 0 Å². The Morgan fingerprint density at radius 1 is 1.28 bits per heavy atom. The summed E-state index contributed by atoms with van der Waals surface area (Å²) in [6.45, 7) is 0.456. The molecule has 1 aromatic carbocycles. The Labute approximate surface area is 181 Å². The molecular weight excluding hydrogens is 424 g/mol. The Kier molecular flexibility index (Phi) is 6.75. The number of rotatable bonds is 5. The lowest BCUT2D eigenvalue weighted by molar-refractivity contribution is -0.217. The van der Waals surface area contributed by atoms with Gasteiger partial charge in [-0.2, -0.15) is 5.26 Å². The van der Waals surface area contributed by atoms with E-state index in [9.17, 15) is 35.0 Å². The molecule has 12 nitrogen and oxygen atoms in total. The van der Waals surface area contributed by atoms with Crippen molar-refractivity contribution in [1.29, 1.82) is 5.26 Å². The van der Waals surface area contributed by atoms with Crippen LogP contribution in [-0.4, -0.2) is 68.8 Å². The summed E-state index contributed by atoms with van der Waals surface area (Å²) >= 11 is 0. The molecule has 2 aromatic rings. The zero-order chi connectivity index (χ0) is 23.6. The van der Waals surface area contributed by atoms with E-state index >= 15 is 0 Å². The molecule has 1 amide bonds. The van der Waals surface area contributed by atoms with Crippen molar-refractivity contribution in [2.75, 3.05) is 13.7 Å². The third-order valence-corrected chi connectivity index (χ3v) is 5.14. The SMILES string of the molecule is COc1ccc(-c2c(C#N)c(=O)[nH]c(=O)n2[C@@H]2O[C@H](CO)[C@@H](O)[C@H](O)[C@H]2NC(C)=O)cc1. The van der Waals surface area contributed by atoms with Gasteiger partial charge in [0.05, 0.1) is 19.4 Å². The average Bonchev–Trinajstić information content (AvgIpc) is 2.77. The molecule has 1 aromatic heterocycles. The Bertz CT molecular complexity index is 1150. The standard InChI is InChI=1S/C20H22N4O8/c1-9(26)22-14-17(28)16(27)13(8-25)32-19(14)24-15(10-3-5-11(31-2)6-4-10)12(7-21)18(29)23-20(24)30/h3-6,13-14,16-17,19,25,27-28H,8H2,1-2H3,(H,22,26)(H,23,29,30)/t13-,14-,16-,17-,19-/m1/s1. The molecule has 0 bridgehead atoms. The molecular formula is C20H22N4O8. The maximum atomic E-state index is 12.9. The number of nitrogens with one attached hydrogen (secondary N) is 2. The zero-order valence-electron chi connectivity index (χ0n) is 17.2. The number of methoxy groups -OCH3 is 1. The molecule has 32 heavy (non-hydrogen) atoms. The number of amides is 1. The van der Waals surface area contributed by atoms with Gasteiger partial charge in [-0.1, -0.05) is 0 Å².